The maximum atomic E-state index is 11.3. The van der Waals surface area contributed by atoms with Crippen molar-refractivity contribution in [2.24, 2.45) is 0 Å². The highest BCUT2D eigenvalue weighted by Gasteiger charge is 2.17. The monoisotopic (exact) mass is 358 g/mol. The zero-order valence-corrected chi connectivity index (χ0v) is 15.4. The number of thioether (sulfide) groups is 1. The van der Waals surface area contributed by atoms with Crippen LogP contribution in [0, 0.1) is 0 Å². The van der Waals surface area contributed by atoms with Gasteiger partial charge in [0.1, 0.15) is 5.25 Å². The van der Waals surface area contributed by atoms with Crippen molar-refractivity contribution in [1.29, 1.82) is 0 Å². The Labute approximate surface area is 148 Å². The molecule has 0 aliphatic rings. The van der Waals surface area contributed by atoms with Gasteiger partial charge in [0.2, 0.25) is 0 Å². The lowest BCUT2D eigenvalue weighted by atomic mass is 10.2. The van der Waals surface area contributed by atoms with Crippen LogP contribution in [-0.2, 0) is 16.0 Å². The van der Waals surface area contributed by atoms with E-state index in [0.717, 1.165) is 29.2 Å². The number of hydrogen-bond donors (Lipinski definition) is 1. The van der Waals surface area contributed by atoms with Gasteiger partial charge < -0.3 is 9.84 Å². The van der Waals surface area contributed by atoms with Crippen molar-refractivity contribution in [3.8, 4) is 0 Å². The first kappa shape index (κ1) is 20.3. The minimum absolute atomic E-state index is 0.359. The molecule has 0 aliphatic heterocycles. The molecule has 1 rings (SSSR count). The maximum absolute atomic E-state index is 11.3. The summed E-state index contributed by atoms with van der Waals surface area (Å²) in [5, 5.41) is 9.62. The van der Waals surface area contributed by atoms with E-state index in [1.807, 2.05) is 24.3 Å². The average molecular weight is 359 g/mol. The second-order valence-corrected chi connectivity index (χ2v) is 7.29. The lowest BCUT2D eigenvalue weighted by molar-refractivity contribution is -0.136. The summed E-state index contributed by atoms with van der Waals surface area (Å²) >= 11 is 7.47. The van der Waals surface area contributed by atoms with Crippen LogP contribution in [0.4, 0.5) is 0 Å². The highest BCUT2D eigenvalue weighted by molar-refractivity contribution is 8.00. The number of carboxylic acids is 1. The Morgan fingerprint density at radius 3 is 2.83 bits per heavy atom. The number of unbranched alkanes of at least 4 members (excludes halogenated alkanes) is 3. The zero-order chi connectivity index (χ0) is 16.9. The van der Waals surface area contributed by atoms with Gasteiger partial charge in [-0.05, 0) is 42.7 Å². The first-order chi connectivity index (χ1) is 11.1. The van der Waals surface area contributed by atoms with Gasteiger partial charge in [0, 0.05) is 11.6 Å². The molecule has 0 radical (unpaired) electrons. The van der Waals surface area contributed by atoms with Gasteiger partial charge in [-0.25, -0.2) is 0 Å². The lowest BCUT2D eigenvalue weighted by Crippen LogP contribution is -2.19. The van der Waals surface area contributed by atoms with E-state index in [4.69, 9.17) is 16.3 Å². The molecule has 0 aliphatic carbocycles. The van der Waals surface area contributed by atoms with E-state index in [-0.39, 0.29) is 5.25 Å². The predicted octanol–water partition coefficient (Wildman–Crippen LogP) is 5.06. The molecule has 23 heavy (non-hydrogen) atoms. The number of benzene rings is 1. The summed E-state index contributed by atoms with van der Waals surface area (Å²) < 4.78 is 5.58. The molecule has 0 saturated carbocycles. The van der Waals surface area contributed by atoms with Gasteiger partial charge in [0.15, 0.2) is 0 Å². The van der Waals surface area contributed by atoms with Crippen molar-refractivity contribution in [3.63, 3.8) is 0 Å². The highest BCUT2D eigenvalue weighted by atomic mass is 35.5. The van der Waals surface area contributed by atoms with Crippen LogP contribution < -0.4 is 0 Å². The fraction of sp³-hybridized carbons (Fsp3) is 0.611. The standard InChI is InChI=1S/C18H27ClO3S/c1-2-3-4-5-13-23-17(18(20)21)10-12-22-11-9-15-7-6-8-16(19)14-15/h6-8,14,17H,2-5,9-13H2,1H3,(H,20,21). The Kier molecular flexibility index (Phi) is 11.2. The molecule has 130 valence electrons. The molecular formula is C18H27ClO3S. The lowest BCUT2D eigenvalue weighted by Gasteiger charge is -2.12. The number of ether oxygens (including phenoxy) is 1. The smallest absolute Gasteiger partial charge is 0.316 e. The van der Waals surface area contributed by atoms with Crippen LogP contribution in [0.3, 0.4) is 0 Å². The molecule has 0 bridgehead atoms. The Balaban J connectivity index is 2.14. The molecule has 1 N–H and O–H groups in total. The van der Waals surface area contributed by atoms with Crippen molar-refractivity contribution in [3.05, 3.63) is 34.9 Å². The summed E-state index contributed by atoms with van der Waals surface area (Å²) in [6, 6.07) is 7.72. The van der Waals surface area contributed by atoms with Gasteiger partial charge in [-0.1, -0.05) is 49.9 Å². The quantitative estimate of drug-likeness (QED) is 0.501. The number of carbonyl (C=O) groups is 1. The molecule has 1 aromatic carbocycles. The van der Waals surface area contributed by atoms with Gasteiger partial charge in [0.05, 0.1) is 6.61 Å². The summed E-state index contributed by atoms with van der Waals surface area (Å²) in [4.78, 5) is 11.3. The van der Waals surface area contributed by atoms with Gasteiger partial charge in [-0.2, -0.15) is 0 Å². The second kappa shape index (κ2) is 12.7. The third kappa shape index (κ3) is 9.90. The Morgan fingerprint density at radius 1 is 1.30 bits per heavy atom. The Hall–Kier alpha value is -0.710. The van der Waals surface area contributed by atoms with Crippen molar-refractivity contribution in [1.82, 2.24) is 0 Å². The van der Waals surface area contributed by atoms with E-state index in [2.05, 4.69) is 6.92 Å². The van der Waals surface area contributed by atoms with Crippen LogP contribution in [0.5, 0.6) is 0 Å². The molecule has 0 heterocycles. The summed E-state index contributed by atoms with van der Waals surface area (Å²) in [6.45, 7) is 3.25. The first-order valence-corrected chi connectivity index (χ1v) is 9.72. The predicted molar refractivity (Wildman–Crippen MR) is 98.6 cm³/mol. The summed E-state index contributed by atoms with van der Waals surface area (Å²) in [6.07, 6.45) is 6.06. The van der Waals surface area contributed by atoms with E-state index < -0.39 is 5.97 Å². The van der Waals surface area contributed by atoms with Crippen molar-refractivity contribution < 1.29 is 14.6 Å². The van der Waals surface area contributed by atoms with Crippen LogP contribution in [0.25, 0.3) is 0 Å². The fourth-order valence-electron chi connectivity index (χ4n) is 2.21. The molecular weight excluding hydrogens is 332 g/mol. The number of rotatable bonds is 13. The van der Waals surface area contributed by atoms with Crippen molar-refractivity contribution in [2.45, 2.75) is 50.7 Å². The Morgan fingerprint density at radius 2 is 2.13 bits per heavy atom. The molecule has 5 heteroatoms. The summed E-state index contributed by atoms with van der Waals surface area (Å²) in [5.41, 5.74) is 1.14. The van der Waals surface area contributed by atoms with Crippen LogP contribution in [0.15, 0.2) is 24.3 Å². The number of aliphatic carboxylic acids is 1. The van der Waals surface area contributed by atoms with Crippen molar-refractivity contribution >= 4 is 29.3 Å². The van der Waals surface area contributed by atoms with Crippen LogP contribution in [0.2, 0.25) is 5.02 Å². The average Bonchev–Trinajstić information content (AvgIpc) is 2.52. The largest absolute Gasteiger partial charge is 0.480 e. The van der Waals surface area contributed by atoms with E-state index in [9.17, 15) is 9.90 Å². The molecule has 1 aromatic rings. The number of carboxylic acid groups (broad SMARTS) is 1. The topological polar surface area (TPSA) is 46.5 Å². The first-order valence-electron chi connectivity index (χ1n) is 8.30. The van der Waals surface area contributed by atoms with E-state index >= 15 is 0 Å². The van der Waals surface area contributed by atoms with Gasteiger partial charge in [0.25, 0.3) is 0 Å². The minimum Gasteiger partial charge on any atom is -0.480 e. The van der Waals surface area contributed by atoms with Gasteiger partial charge >= 0.3 is 5.97 Å². The Bertz CT molecular complexity index is 454. The van der Waals surface area contributed by atoms with Gasteiger partial charge in [-0.15, -0.1) is 11.8 Å². The minimum atomic E-state index is -0.732. The highest BCUT2D eigenvalue weighted by Crippen LogP contribution is 2.18. The van der Waals surface area contributed by atoms with Crippen LogP contribution in [0.1, 0.15) is 44.6 Å². The fourth-order valence-corrected chi connectivity index (χ4v) is 3.48. The molecule has 1 atom stereocenters. The third-order valence-corrected chi connectivity index (χ3v) is 5.14. The molecule has 0 amide bonds. The molecule has 0 fully saturated rings. The number of hydrogen-bond acceptors (Lipinski definition) is 3. The van der Waals surface area contributed by atoms with E-state index in [1.54, 1.807) is 0 Å². The molecule has 3 nitrogen and oxygen atoms in total. The summed E-state index contributed by atoms with van der Waals surface area (Å²) in [5.74, 6) is 0.184. The normalized spacial score (nSPS) is 12.3. The maximum Gasteiger partial charge on any atom is 0.316 e. The van der Waals surface area contributed by atoms with E-state index in [1.165, 1.54) is 31.0 Å². The second-order valence-electron chi connectivity index (χ2n) is 5.54. The third-order valence-electron chi connectivity index (χ3n) is 3.54. The molecule has 0 saturated heterocycles. The summed E-state index contributed by atoms with van der Waals surface area (Å²) in [7, 11) is 0. The molecule has 0 aromatic heterocycles. The SMILES string of the molecule is CCCCCCSC(CCOCCc1cccc(Cl)c1)C(=O)O. The number of halogens is 1. The van der Waals surface area contributed by atoms with Crippen LogP contribution in [-0.4, -0.2) is 35.3 Å². The van der Waals surface area contributed by atoms with E-state index in [0.29, 0.717) is 19.6 Å². The van der Waals surface area contributed by atoms with Crippen LogP contribution >= 0.6 is 23.4 Å². The molecule has 1 unspecified atom stereocenters. The van der Waals surface area contributed by atoms with Gasteiger partial charge in [-0.3, -0.25) is 4.79 Å². The molecule has 0 spiro atoms. The zero-order valence-electron chi connectivity index (χ0n) is 13.8. The van der Waals surface area contributed by atoms with Crippen molar-refractivity contribution in [2.75, 3.05) is 19.0 Å².